The lowest BCUT2D eigenvalue weighted by Crippen LogP contribution is -2.26. The lowest BCUT2D eigenvalue weighted by molar-refractivity contribution is -0.269. The molecule has 0 spiro atoms. The first-order chi connectivity index (χ1) is 14.1. The van der Waals surface area contributed by atoms with E-state index in [9.17, 15) is 9.59 Å². The van der Waals surface area contributed by atoms with Gasteiger partial charge in [-0.1, -0.05) is 24.3 Å². The van der Waals surface area contributed by atoms with Gasteiger partial charge in [0, 0.05) is 0 Å². The normalized spacial score (nSPS) is 10.8. The minimum atomic E-state index is -0.392. The Morgan fingerprint density at radius 2 is 1.86 bits per heavy atom. The predicted octanol–water partition coefficient (Wildman–Crippen LogP) is 3.21. The number of nitrogens with zero attached hydrogens (tertiary/aromatic N) is 2. The van der Waals surface area contributed by atoms with E-state index in [-0.39, 0.29) is 12.0 Å². The number of para-hydroxylation sites is 1. The van der Waals surface area contributed by atoms with Crippen LogP contribution >= 0.6 is 0 Å². The smallest absolute Gasteiger partial charge is 0.342 e. The van der Waals surface area contributed by atoms with Crippen LogP contribution in [0.4, 0.5) is 0 Å². The first-order valence-electron chi connectivity index (χ1n) is 9.58. The molecule has 0 saturated heterocycles. The lowest BCUT2D eigenvalue weighted by atomic mass is 10.1. The van der Waals surface area contributed by atoms with Crippen LogP contribution in [0.25, 0.3) is 10.9 Å². The Balaban J connectivity index is 1.54. The summed E-state index contributed by atoms with van der Waals surface area (Å²) in [6, 6.07) is 14.8. The van der Waals surface area contributed by atoms with Crippen molar-refractivity contribution >= 4 is 16.9 Å². The van der Waals surface area contributed by atoms with Crippen molar-refractivity contribution in [2.24, 2.45) is 0 Å². The highest BCUT2D eigenvalue weighted by atomic mass is 17.2. The molecule has 0 fully saturated rings. The number of benzene rings is 2. The molecule has 7 nitrogen and oxygen atoms in total. The van der Waals surface area contributed by atoms with Crippen molar-refractivity contribution < 1.29 is 19.3 Å². The van der Waals surface area contributed by atoms with E-state index in [2.05, 4.69) is 14.8 Å². The molecule has 152 valence electrons. The molecule has 0 aliphatic heterocycles. The van der Waals surface area contributed by atoms with Gasteiger partial charge < -0.3 is 4.74 Å². The SMILES string of the molecule is CCOOC(=O)CCc1ccc(OCCn2c(C)nc3ccccc3c2=O)cc1. The van der Waals surface area contributed by atoms with Crippen molar-refractivity contribution in [2.75, 3.05) is 13.2 Å². The summed E-state index contributed by atoms with van der Waals surface area (Å²) in [6.45, 7) is 4.66. The molecule has 0 N–H and O–H groups in total. The number of hydrogen-bond acceptors (Lipinski definition) is 6. The summed E-state index contributed by atoms with van der Waals surface area (Å²) in [5.41, 5.74) is 1.63. The molecule has 7 heteroatoms. The summed E-state index contributed by atoms with van der Waals surface area (Å²) in [7, 11) is 0. The fraction of sp³-hybridized carbons (Fsp3) is 0.318. The molecule has 29 heavy (non-hydrogen) atoms. The molecule has 1 heterocycles. The summed E-state index contributed by atoms with van der Waals surface area (Å²) < 4.78 is 7.39. The third-order valence-electron chi connectivity index (χ3n) is 4.45. The highest BCUT2D eigenvalue weighted by Gasteiger charge is 2.08. The maximum Gasteiger partial charge on any atom is 0.342 e. The number of hydrogen-bond donors (Lipinski definition) is 0. The minimum absolute atomic E-state index is 0.0639. The van der Waals surface area contributed by atoms with E-state index in [1.807, 2.05) is 49.4 Å². The second-order valence-corrected chi connectivity index (χ2v) is 6.49. The van der Waals surface area contributed by atoms with Crippen LogP contribution in [0.5, 0.6) is 5.75 Å². The predicted molar refractivity (Wildman–Crippen MR) is 109 cm³/mol. The van der Waals surface area contributed by atoms with E-state index >= 15 is 0 Å². The van der Waals surface area contributed by atoms with Crippen LogP contribution in [-0.2, 0) is 27.5 Å². The fourth-order valence-electron chi connectivity index (χ4n) is 2.96. The number of ether oxygens (including phenoxy) is 1. The van der Waals surface area contributed by atoms with Crippen LogP contribution in [0, 0.1) is 6.92 Å². The summed E-state index contributed by atoms with van der Waals surface area (Å²) in [4.78, 5) is 37.8. The zero-order valence-electron chi connectivity index (χ0n) is 16.6. The first kappa shape index (κ1) is 20.5. The maximum atomic E-state index is 12.6. The molecule has 3 aromatic rings. The van der Waals surface area contributed by atoms with Gasteiger partial charge in [0.2, 0.25) is 0 Å². The average Bonchev–Trinajstić information content (AvgIpc) is 2.74. The largest absolute Gasteiger partial charge is 0.492 e. The van der Waals surface area contributed by atoms with Crippen LogP contribution in [-0.4, -0.2) is 28.7 Å². The van der Waals surface area contributed by atoms with Gasteiger partial charge in [0.25, 0.3) is 5.56 Å². The Morgan fingerprint density at radius 1 is 1.10 bits per heavy atom. The molecule has 0 unspecified atom stereocenters. The number of fused-ring (bicyclic) bond motifs is 1. The molecular weight excluding hydrogens is 372 g/mol. The Kier molecular flexibility index (Phi) is 6.97. The number of aromatic nitrogens is 2. The Labute approximate surface area is 168 Å². The second-order valence-electron chi connectivity index (χ2n) is 6.49. The Morgan fingerprint density at radius 3 is 2.62 bits per heavy atom. The standard InChI is InChI=1S/C22H24N2O5/c1-3-28-29-21(25)13-10-17-8-11-18(12-9-17)27-15-14-24-16(2)23-20-7-5-4-6-19(20)22(24)26/h4-9,11-12H,3,10,13-15H2,1-2H3. The summed E-state index contributed by atoms with van der Waals surface area (Å²) >= 11 is 0. The molecule has 0 saturated carbocycles. The lowest BCUT2D eigenvalue weighted by Gasteiger charge is -2.12. The van der Waals surface area contributed by atoms with E-state index in [4.69, 9.17) is 4.74 Å². The number of carbonyl (C=O) groups is 1. The van der Waals surface area contributed by atoms with Crippen molar-refractivity contribution in [3.63, 3.8) is 0 Å². The van der Waals surface area contributed by atoms with Gasteiger partial charge in [-0.2, -0.15) is 4.89 Å². The molecule has 0 atom stereocenters. The van der Waals surface area contributed by atoms with Gasteiger partial charge in [-0.3, -0.25) is 14.2 Å². The average molecular weight is 396 g/mol. The van der Waals surface area contributed by atoms with E-state index in [1.54, 1.807) is 17.6 Å². The van der Waals surface area contributed by atoms with Crippen molar-refractivity contribution in [2.45, 2.75) is 33.2 Å². The zero-order valence-corrected chi connectivity index (χ0v) is 16.6. The molecule has 0 aliphatic rings. The first-order valence-corrected chi connectivity index (χ1v) is 9.58. The molecular formula is C22H24N2O5. The van der Waals surface area contributed by atoms with Crippen LogP contribution in [0.15, 0.2) is 53.3 Å². The van der Waals surface area contributed by atoms with Crippen molar-refractivity contribution in [3.8, 4) is 5.75 Å². The van der Waals surface area contributed by atoms with E-state index in [0.717, 1.165) is 5.56 Å². The van der Waals surface area contributed by atoms with Crippen molar-refractivity contribution in [1.29, 1.82) is 0 Å². The Bertz CT molecular complexity index is 1030. The van der Waals surface area contributed by atoms with Crippen LogP contribution < -0.4 is 10.3 Å². The van der Waals surface area contributed by atoms with Gasteiger partial charge in [0.15, 0.2) is 0 Å². The quantitative estimate of drug-likeness (QED) is 0.408. The number of carbonyl (C=O) groups excluding carboxylic acids is 1. The van der Waals surface area contributed by atoms with Gasteiger partial charge in [0.1, 0.15) is 18.2 Å². The fourth-order valence-corrected chi connectivity index (χ4v) is 2.96. The molecule has 0 amide bonds. The van der Waals surface area contributed by atoms with Crippen molar-refractivity contribution in [1.82, 2.24) is 9.55 Å². The second kappa shape index (κ2) is 9.84. The van der Waals surface area contributed by atoms with E-state index < -0.39 is 5.97 Å². The van der Waals surface area contributed by atoms with Crippen LogP contribution in [0.2, 0.25) is 0 Å². The summed E-state index contributed by atoms with van der Waals surface area (Å²) in [5.74, 6) is 0.966. The highest BCUT2D eigenvalue weighted by molar-refractivity contribution is 5.77. The topological polar surface area (TPSA) is 79.7 Å². The molecule has 1 aromatic heterocycles. The molecule has 3 rings (SSSR count). The van der Waals surface area contributed by atoms with Gasteiger partial charge in [-0.25, -0.2) is 9.78 Å². The summed E-state index contributed by atoms with van der Waals surface area (Å²) in [6.07, 6.45) is 0.806. The molecule has 0 bridgehead atoms. The number of aryl methyl sites for hydroxylation is 2. The minimum Gasteiger partial charge on any atom is -0.492 e. The van der Waals surface area contributed by atoms with Crippen LogP contribution in [0.3, 0.4) is 0 Å². The third-order valence-corrected chi connectivity index (χ3v) is 4.45. The maximum absolute atomic E-state index is 12.6. The van der Waals surface area contributed by atoms with Gasteiger partial charge in [0.05, 0.1) is 30.5 Å². The molecule has 0 radical (unpaired) electrons. The molecule has 2 aromatic carbocycles. The summed E-state index contributed by atoms with van der Waals surface area (Å²) in [5, 5.41) is 0.602. The monoisotopic (exact) mass is 396 g/mol. The van der Waals surface area contributed by atoms with Gasteiger partial charge in [-0.05, 0) is 50.1 Å². The van der Waals surface area contributed by atoms with E-state index in [1.165, 1.54) is 0 Å². The Hall–Kier alpha value is -3.19. The van der Waals surface area contributed by atoms with Crippen LogP contribution in [0.1, 0.15) is 24.7 Å². The van der Waals surface area contributed by atoms with E-state index in [0.29, 0.717) is 48.7 Å². The highest BCUT2D eigenvalue weighted by Crippen LogP contribution is 2.14. The molecule has 0 aliphatic carbocycles. The third kappa shape index (κ3) is 5.42. The number of rotatable bonds is 9. The van der Waals surface area contributed by atoms with Gasteiger partial charge >= 0.3 is 5.97 Å². The van der Waals surface area contributed by atoms with Gasteiger partial charge in [-0.15, -0.1) is 0 Å². The van der Waals surface area contributed by atoms with Crippen molar-refractivity contribution in [3.05, 3.63) is 70.3 Å². The zero-order chi connectivity index (χ0) is 20.6.